The van der Waals surface area contributed by atoms with Crippen molar-refractivity contribution in [2.75, 3.05) is 13.1 Å². The Morgan fingerprint density at radius 3 is 2.38 bits per heavy atom. The van der Waals surface area contributed by atoms with Gasteiger partial charge in [-0.1, -0.05) is 6.42 Å². The lowest BCUT2D eigenvalue weighted by Crippen LogP contribution is -2.38. The van der Waals surface area contributed by atoms with E-state index in [1.807, 2.05) is 0 Å². The molecule has 1 aliphatic heterocycles. The van der Waals surface area contributed by atoms with Crippen LogP contribution in [-0.2, 0) is 9.59 Å². The Labute approximate surface area is 94.0 Å². The second-order valence-electron chi connectivity index (χ2n) is 4.71. The van der Waals surface area contributed by atoms with E-state index >= 15 is 0 Å². The summed E-state index contributed by atoms with van der Waals surface area (Å²) >= 11 is 0. The molecule has 1 saturated carbocycles. The summed E-state index contributed by atoms with van der Waals surface area (Å²) in [6, 6.07) is 0. The second-order valence-corrected chi connectivity index (χ2v) is 4.71. The van der Waals surface area contributed by atoms with Crippen molar-refractivity contribution < 1.29 is 19.8 Å². The van der Waals surface area contributed by atoms with Gasteiger partial charge in [-0.05, 0) is 19.3 Å². The van der Waals surface area contributed by atoms with E-state index in [9.17, 15) is 14.7 Å². The van der Waals surface area contributed by atoms with Crippen molar-refractivity contribution in [1.82, 2.24) is 4.90 Å². The van der Waals surface area contributed by atoms with Gasteiger partial charge in [0.1, 0.15) is 0 Å². The summed E-state index contributed by atoms with van der Waals surface area (Å²) < 4.78 is 0. The molecule has 90 valence electrons. The third kappa shape index (κ3) is 2.04. The molecule has 1 unspecified atom stereocenters. The zero-order chi connectivity index (χ0) is 11.7. The number of rotatable bonds is 2. The van der Waals surface area contributed by atoms with Crippen molar-refractivity contribution >= 4 is 11.9 Å². The van der Waals surface area contributed by atoms with E-state index in [2.05, 4.69) is 0 Å². The molecule has 2 rings (SSSR count). The Hall–Kier alpha value is -1.10. The van der Waals surface area contributed by atoms with E-state index in [1.54, 1.807) is 4.90 Å². The molecular weight excluding hydrogens is 210 g/mol. The number of aliphatic carboxylic acids is 1. The fourth-order valence-electron chi connectivity index (χ4n) is 2.73. The molecule has 1 saturated heterocycles. The number of likely N-dealkylation sites (tertiary alicyclic amines) is 1. The van der Waals surface area contributed by atoms with E-state index < -0.39 is 18.0 Å². The second kappa shape index (κ2) is 4.41. The zero-order valence-electron chi connectivity index (χ0n) is 9.13. The molecule has 5 nitrogen and oxygen atoms in total. The maximum absolute atomic E-state index is 12.1. The Kier molecular flexibility index (Phi) is 3.14. The lowest BCUT2D eigenvalue weighted by atomic mass is 9.95. The Balaban J connectivity index is 2.01. The first-order chi connectivity index (χ1) is 7.59. The summed E-state index contributed by atoms with van der Waals surface area (Å²) in [5, 5.41) is 18.4. The van der Waals surface area contributed by atoms with Gasteiger partial charge in [0.15, 0.2) is 0 Å². The van der Waals surface area contributed by atoms with Crippen LogP contribution in [0.3, 0.4) is 0 Å². The van der Waals surface area contributed by atoms with Gasteiger partial charge >= 0.3 is 5.97 Å². The van der Waals surface area contributed by atoms with Crippen LogP contribution in [0.5, 0.6) is 0 Å². The number of hydrogen-bond acceptors (Lipinski definition) is 3. The third-order valence-corrected chi connectivity index (χ3v) is 3.63. The number of nitrogens with zero attached hydrogens (tertiary/aromatic N) is 1. The van der Waals surface area contributed by atoms with Gasteiger partial charge in [-0.25, -0.2) is 0 Å². The van der Waals surface area contributed by atoms with E-state index in [1.165, 1.54) is 0 Å². The Morgan fingerprint density at radius 2 is 1.81 bits per heavy atom. The number of β-amino-alcohol motifs (C(OH)–C–C–N with tert-alkyl or cyclic N) is 1. The van der Waals surface area contributed by atoms with E-state index in [-0.39, 0.29) is 11.8 Å². The molecular formula is C11H17NO4. The van der Waals surface area contributed by atoms with Crippen LogP contribution in [0.1, 0.15) is 25.7 Å². The minimum Gasteiger partial charge on any atom is -0.481 e. The topological polar surface area (TPSA) is 77.8 Å². The summed E-state index contributed by atoms with van der Waals surface area (Å²) in [7, 11) is 0. The van der Waals surface area contributed by atoms with Gasteiger partial charge in [0.2, 0.25) is 5.91 Å². The number of carboxylic acids is 1. The molecule has 1 amide bonds. The molecule has 2 N–H and O–H groups in total. The predicted molar refractivity (Wildman–Crippen MR) is 55.7 cm³/mol. The average molecular weight is 227 g/mol. The van der Waals surface area contributed by atoms with Gasteiger partial charge in [-0.15, -0.1) is 0 Å². The normalized spacial score (nSPS) is 34.3. The third-order valence-electron chi connectivity index (χ3n) is 3.63. The molecule has 5 heteroatoms. The molecule has 2 aliphatic rings. The number of amides is 1. The van der Waals surface area contributed by atoms with Crippen LogP contribution < -0.4 is 0 Å². The molecule has 3 atom stereocenters. The van der Waals surface area contributed by atoms with Crippen molar-refractivity contribution in [3.05, 3.63) is 0 Å². The van der Waals surface area contributed by atoms with Crippen molar-refractivity contribution in [1.29, 1.82) is 0 Å². The molecule has 0 bridgehead atoms. The van der Waals surface area contributed by atoms with Crippen molar-refractivity contribution in [2.24, 2.45) is 11.8 Å². The largest absolute Gasteiger partial charge is 0.481 e. The van der Waals surface area contributed by atoms with Crippen molar-refractivity contribution in [3.8, 4) is 0 Å². The average Bonchev–Trinajstić information content (AvgIpc) is 2.84. The quantitative estimate of drug-likeness (QED) is 0.700. The van der Waals surface area contributed by atoms with Crippen LogP contribution in [0, 0.1) is 11.8 Å². The number of aliphatic hydroxyl groups is 1. The first kappa shape index (κ1) is 11.4. The highest BCUT2D eigenvalue weighted by Crippen LogP contribution is 2.34. The maximum Gasteiger partial charge on any atom is 0.307 e. The highest BCUT2D eigenvalue weighted by Gasteiger charge is 2.40. The molecule has 0 spiro atoms. The fourth-order valence-corrected chi connectivity index (χ4v) is 2.73. The lowest BCUT2D eigenvalue weighted by molar-refractivity contribution is -0.148. The summed E-state index contributed by atoms with van der Waals surface area (Å²) in [5.74, 6) is -1.84. The highest BCUT2D eigenvalue weighted by atomic mass is 16.4. The Morgan fingerprint density at radius 1 is 1.12 bits per heavy atom. The van der Waals surface area contributed by atoms with Crippen molar-refractivity contribution in [2.45, 2.75) is 31.8 Å². The molecule has 1 heterocycles. The van der Waals surface area contributed by atoms with E-state index in [4.69, 9.17) is 5.11 Å². The highest BCUT2D eigenvalue weighted by molar-refractivity contribution is 5.85. The van der Waals surface area contributed by atoms with Crippen LogP contribution in [0.4, 0.5) is 0 Å². The predicted octanol–water partition coefficient (Wildman–Crippen LogP) is 0.0805. The van der Waals surface area contributed by atoms with Crippen LogP contribution >= 0.6 is 0 Å². The van der Waals surface area contributed by atoms with Crippen LogP contribution in [-0.4, -0.2) is 46.2 Å². The molecule has 0 aromatic carbocycles. The monoisotopic (exact) mass is 227 g/mol. The molecule has 0 aromatic heterocycles. The van der Waals surface area contributed by atoms with Gasteiger partial charge in [0.25, 0.3) is 0 Å². The molecule has 0 aromatic rings. The van der Waals surface area contributed by atoms with Crippen LogP contribution in [0.2, 0.25) is 0 Å². The molecule has 16 heavy (non-hydrogen) atoms. The van der Waals surface area contributed by atoms with Gasteiger partial charge < -0.3 is 15.1 Å². The number of carbonyl (C=O) groups excluding carboxylic acids is 1. The summed E-state index contributed by atoms with van der Waals surface area (Å²) in [6.45, 7) is 0.921. The van der Waals surface area contributed by atoms with E-state index in [0.29, 0.717) is 32.4 Å². The SMILES string of the molecule is O=C(O)[C@H]1CCC[C@H]1C(=O)N1CCC(O)C1. The summed E-state index contributed by atoms with van der Waals surface area (Å²) in [5.41, 5.74) is 0. The summed E-state index contributed by atoms with van der Waals surface area (Å²) in [4.78, 5) is 24.6. The molecule has 2 fully saturated rings. The minimum atomic E-state index is -0.865. The first-order valence-electron chi connectivity index (χ1n) is 5.79. The summed E-state index contributed by atoms with van der Waals surface area (Å²) in [6.07, 6.45) is 2.25. The first-order valence-corrected chi connectivity index (χ1v) is 5.79. The number of aliphatic hydroxyl groups excluding tert-OH is 1. The molecule has 1 aliphatic carbocycles. The van der Waals surface area contributed by atoms with Crippen LogP contribution in [0.15, 0.2) is 0 Å². The van der Waals surface area contributed by atoms with Gasteiger partial charge in [0, 0.05) is 13.1 Å². The van der Waals surface area contributed by atoms with Crippen LogP contribution in [0.25, 0.3) is 0 Å². The van der Waals surface area contributed by atoms with E-state index in [0.717, 1.165) is 6.42 Å². The molecule has 0 radical (unpaired) electrons. The maximum atomic E-state index is 12.1. The fraction of sp³-hybridized carbons (Fsp3) is 0.818. The lowest BCUT2D eigenvalue weighted by Gasteiger charge is -2.22. The van der Waals surface area contributed by atoms with Crippen molar-refractivity contribution in [3.63, 3.8) is 0 Å². The van der Waals surface area contributed by atoms with Gasteiger partial charge in [0.05, 0.1) is 17.9 Å². The minimum absolute atomic E-state index is 0.0820. The number of hydrogen-bond donors (Lipinski definition) is 2. The smallest absolute Gasteiger partial charge is 0.307 e. The number of carbonyl (C=O) groups is 2. The standard InChI is InChI=1S/C11H17NO4/c13-7-4-5-12(6-7)10(14)8-2-1-3-9(8)11(15)16/h7-9,13H,1-6H2,(H,15,16)/t7?,8-,9+/m1/s1. The van der Waals surface area contributed by atoms with Gasteiger partial charge in [-0.2, -0.15) is 0 Å². The zero-order valence-corrected chi connectivity index (χ0v) is 9.13. The Bertz CT molecular complexity index is 304. The van der Waals surface area contributed by atoms with Gasteiger partial charge in [-0.3, -0.25) is 9.59 Å². The number of carboxylic acid groups (broad SMARTS) is 1.